The molecule has 0 aliphatic heterocycles. The van der Waals surface area contributed by atoms with Crippen molar-refractivity contribution in [1.82, 2.24) is 5.32 Å². The van der Waals surface area contributed by atoms with Crippen LogP contribution in [0.15, 0.2) is 91.0 Å². The van der Waals surface area contributed by atoms with E-state index in [0.717, 1.165) is 21.9 Å². The van der Waals surface area contributed by atoms with Crippen molar-refractivity contribution in [3.8, 4) is 5.75 Å². The van der Waals surface area contributed by atoms with Crippen LogP contribution in [0.4, 0.5) is 0 Å². The lowest BCUT2D eigenvalue weighted by molar-refractivity contribution is -0.120. The van der Waals surface area contributed by atoms with Gasteiger partial charge in [-0.2, -0.15) is 0 Å². The predicted molar refractivity (Wildman–Crippen MR) is 117 cm³/mol. The number of phenolic OH excluding ortho intramolecular Hbond substituents is 1. The van der Waals surface area contributed by atoms with Crippen LogP contribution < -0.4 is 5.32 Å². The third-order valence-corrected chi connectivity index (χ3v) is 5.31. The summed E-state index contributed by atoms with van der Waals surface area (Å²) in [4.78, 5) is 12.9. The second-order valence-electron chi connectivity index (χ2n) is 6.90. The Bertz CT molecular complexity index is 1160. The first-order valence-corrected chi connectivity index (χ1v) is 9.79. The molecule has 0 heterocycles. The number of carbonyl (C=O) groups excluding carboxylic acids is 1. The average molecular weight is 402 g/mol. The highest BCUT2D eigenvalue weighted by molar-refractivity contribution is 6.31. The van der Waals surface area contributed by atoms with E-state index in [1.165, 1.54) is 0 Å². The number of hydrogen-bond acceptors (Lipinski definition) is 2. The molecule has 4 rings (SSSR count). The summed E-state index contributed by atoms with van der Waals surface area (Å²) in [5.41, 5.74) is 2.30. The number of rotatable bonds is 5. The zero-order valence-corrected chi connectivity index (χ0v) is 16.4. The van der Waals surface area contributed by atoms with E-state index in [4.69, 9.17) is 11.6 Å². The largest absolute Gasteiger partial charge is 0.508 e. The van der Waals surface area contributed by atoms with Crippen molar-refractivity contribution in [2.45, 2.75) is 12.5 Å². The van der Waals surface area contributed by atoms with Crippen LogP contribution in [-0.4, -0.2) is 11.0 Å². The van der Waals surface area contributed by atoms with E-state index in [9.17, 15) is 9.90 Å². The average Bonchev–Trinajstić information content (AvgIpc) is 2.74. The number of aromatic hydroxyl groups is 1. The number of nitrogens with one attached hydrogen (secondary N) is 1. The van der Waals surface area contributed by atoms with E-state index < -0.39 is 6.04 Å². The van der Waals surface area contributed by atoms with Gasteiger partial charge in [0.25, 0.3) is 0 Å². The molecular weight excluding hydrogens is 382 g/mol. The van der Waals surface area contributed by atoms with E-state index in [0.29, 0.717) is 10.6 Å². The minimum Gasteiger partial charge on any atom is -0.508 e. The minimum absolute atomic E-state index is 0.119. The fourth-order valence-electron chi connectivity index (χ4n) is 3.60. The first kappa shape index (κ1) is 19.0. The van der Waals surface area contributed by atoms with Gasteiger partial charge in [0.2, 0.25) is 5.91 Å². The lowest BCUT2D eigenvalue weighted by Gasteiger charge is -2.23. The Morgan fingerprint density at radius 3 is 2.34 bits per heavy atom. The van der Waals surface area contributed by atoms with Gasteiger partial charge in [-0.25, -0.2) is 0 Å². The second-order valence-corrected chi connectivity index (χ2v) is 7.31. The predicted octanol–water partition coefficient (Wildman–Crippen LogP) is 5.65. The summed E-state index contributed by atoms with van der Waals surface area (Å²) in [5, 5.41) is 16.2. The Labute approximate surface area is 174 Å². The maximum atomic E-state index is 12.9. The van der Waals surface area contributed by atoms with E-state index in [2.05, 4.69) is 5.32 Å². The Hall–Kier alpha value is -3.30. The Kier molecular flexibility index (Phi) is 5.50. The quantitative estimate of drug-likeness (QED) is 0.454. The van der Waals surface area contributed by atoms with Crippen LogP contribution in [0.2, 0.25) is 5.02 Å². The van der Waals surface area contributed by atoms with Gasteiger partial charge < -0.3 is 10.4 Å². The number of amides is 1. The van der Waals surface area contributed by atoms with Crippen LogP contribution in [0.3, 0.4) is 0 Å². The number of fused-ring (bicyclic) bond motifs is 1. The molecule has 2 N–H and O–H groups in total. The zero-order valence-electron chi connectivity index (χ0n) is 15.7. The first-order chi connectivity index (χ1) is 14.1. The molecule has 0 spiro atoms. The lowest BCUT2D eigenvalue weighted by atomic mass is 9.92. The van der Waals surface area contributed by atoms with Crippen LogP contribution in [0.1, 0.15) is 22.7 Å². The first-order valence-electron chi connectivity index (χ1n) is 9.42. The molecule has 0 saturated carbocycles. The molecule has 0 aliphatic carbocycles. The van der Waals surface area contributed by atoms with Crippen molar-refractivity contribution in [3.63, 3.8) is 0 Å². The number of halogens is 1. The van der Waals surface area contributed by atoms with Gasteiger partial charge >= 0.3 is 0 Å². The summed E-state index contributed by atoms with van der Waals surface area (Å²) in [6.07, 6.45) is 0.243. The van der Waals surface area contributed by atoms with Crippen LogP contribution in [0.5, 0.6) is 5.75 Å². The molecule has 144 valence electrons. The van der Waals surface area contributed by atoms with Gasteiger partial charge in [-0.05, 0) is 34.0 Å². The van der Waals surface area contributed by atoms with Gasteiger partial charge in [0, 0.05) is 10.6 Å². The third kappa shape index (κ3) is 4.10. The van der Waals surface area contributed by atoms with Crippen LogP contribution in [0.25, 0.3) is 10.8 Å². The molecule has 0 saturated heterocycles. The molecule has 0 aliphatic rings. The Morgan fingerprint density at radius 2 is 1.55 bits per heavy atom. The highest BCUT2D eigenvalue weighted by Gasteiger charge is 2.24. The summed E-state index contributed by atoms with van der Waals surface area (Å²) < 4.78 is 0. The molecule has 4 aromatic rings. The molecule has 1 atom stereocenters. The summed E-state index contributed by atoms with van der Waals surface area (Å²) in [7, 11) is 0. The SMILES string of the molecule is O=C(Cc1ccccc1)NC(c1ccccc1Cl)c1c(O)ccc2ccccc12. The lowest BCUT2D eigenvalue weighted by Crippen LogP contribution is -2.31. The smallest absolute Gasteiger partial charge is 0.225 e. The zero-order chi connectivity index (χ0) is 20.2. The summed E-state index contributed by atoms with van der Waals surface area (Å²) in [6, 6.07) is 27.7. The minimum atomic E-state index is -0.578. The summed E-state index contributed by atoms with van der Waals surface area (Å²) in [6.45, 7) is 0. The van der Waals surface area contributed by atoms with Gasteiger partial charge in [0.15, 0.2) is 0 Å². The number of hydrogen-bond donors (Lipinski definition) is 2. The molecule has 1 unspecified atom stereocenters. The molecule has 0 fully saturated rings. The van der Waals surface area contributed by atoms with Gasteiger partial charge in [-0.15, -0.1) is 0 Å². The number of phenols is 1. The van der Waals surface area contributed by atoms with E-state index in [-0.39, 0.29) is 18.1 Å². The van der Waals surface area contributed by atoms with E-state index in [1.807, 2.05) is 78.9 Å². The number of benzene rings is 4. The van der Waals surface area contributed by atoms with Gasteiger partial charge in [0.05, 0.1) is 12.5 Å². The maximum Gasteiger partial charge on any atom is 0.225 e. The van der Waals surface area contributed by atoms with Crippen molar-refractivity contribution in [2.24, 2.45) is 0 Å². The molecule has 4 aromatic carbocycles. The second kappa shape index (κ2) is 8.38. The van der Waals surface area contributed by atoms with E-state index in [1.54, 1.807) is 12.1 Å². The Morgan fingerprint density at radius 1 is 0.862 bits per heavy atom. The molecule has 29 heavy (non-hydrogen) atoms. The van der Waals surface area contributed by atoms with Crippen molar-refractivity contribution in [2.75, 3.05) is 0 Å². The van der Waals surface area contributed by atoms with Gasteiger partial charge in [0.1, 0.15) is 5.75 Å². The van der Waals surface area contributed by atoms with Crippen molar-refractivity contribution < 1.29 is 9.90 Å². The van der Waals surface area contributed by atoms with Crippen LogP contribution in [-0.2, 0) is 11.2 Å². The van der Waals surface area contributed by atoms with Crippen LogP contribution >= 0.6 is 11.6 Å². The molecule has 1 amide bonds. The van der Waals surface area contributed by atoms with Crippen molar-refractivity contribution >= 4 is 28.3 Å². The normalized spacial score (nSPS) is 11.9. The third-order valence-electron chi connectivity index (χ3n) is 4.97. The van der Waals surface area contributed by atoms with Gasteiger partial charge in [-0.3, -0.25) is 4.79 Å². The Balaban J connectivity index is 1.79. The number of carbonyl (C=O) groups is 1. The molecule has 3 nitrogen and oxygen atoms in total. The van der Waals surface area contributed by atoms with Crippen molar-refractivity contribution in [3.05, 3.63) is 113 Å². The van der Waals surface area contributed by atoms with E-state index >= 15 is 0 Å². The fraction of sp³-hybridized carbons (Fsp3) is 0.0800. The highest BCUT2D eigenvalue weighted by Crippen LogP contribution is 2.38. The standard InChI is InChI=1S/C25H20ClNO2/c26-21-13-7-6-12-20(21)25(27-23(29)16-17-8-2-1-3-9-17)24-19-11-5-4-10-18(19)14-15-22(24)28/h1-15,25,28H,16H2,(H,27,29). The monoisotopic (exact) mass is 401 g/mol. The fourth-order valence-corrected chi connectivity index (χ4v) is 3.84. The molecule has 0 radical (unpaired) electrons. The van der Waals surface area contributed by atoms with Gasteiger partial charge in [-0.1, -0.05) is 90.5 Å². The topological polar surface area (TPSA) is 49.3 Å². The summed E-state index contributed by atoms with van der Waals surface area (Å²) in [5.74, 6) is -0.0258. The van der Waals surface area contributed by atoms with Crippen molar-refractivity contribution in [1.29, 1.82) is 0 Å². The molecule has 0 aromatic heterocycles. The molecular formula is C25H20ClNO2. The molecule has 0 bridgehead atoms. The maximum absolute atomic E-state index is 12.9. The summed E-state index contributed by atoms with van der Waals surface area (Å²) >= 11 is 6.48. The highest BCUT2D eigenvalue weighted by atomic mass is 35.5. The van der Waals surface area contributed by atoms with Crippen LogP contribution in [0, 0.1) is 0 Å². The molecule has 4 heteroatoms.